The van der Waals surface area contributed by atoms with Gasteiger partial charge in [0.15, 0.2) is 0 Å². The predicted molar refractivity (Wildman–Crippen MR) is 47.3 cm³/mol. The van der Waals surface area contributed by atoms with Gasteiger partial charge in [0.1, 0.15) is 16.6 Å². The molecule has 12 heavy (non-hydrogen) atoms. The van der Waals surface area contributed by atoms with E-state index in [0.717, 1.165) is 5.56 Å². The van der Waals surface area contributed by atoms with Gasteiger partial charge < -0.3 is 4.74 Å². The molecular weight excluding hydrogens is 179 g/mol. The summed E-state index contributed by atoms with van der Waals surface area (Å²) in [6, 6.07) is 2.98. The van der Waals surface area contributed by atoms with Crippen molar-refractivity contribution in [1.82, 2.24) is 0 Å². The van der Waals surface area contributed by atoms with E-state index >= 15 is 0 Å². The molecule has 0 saturated heterocycles. The first-order chi connectivity index (χ1) is 5.66. The molecule has 0 fully saturated rings. The monoisotopic (exact) mass is 188 g/mol. The van der Waals surface area contributed by atoms with Gasteiger partial charge in [-0.05, 0) is 25.5 Å². The fourth-order valence-electron chi connectivity index (χ4n) is 0.950. The summed E-state index contributed by atoms with van der Waals surface area (Å²) >= 11 is 5.68. The van der Waals surface area contributed by atoms with Gasteiger partial charge in [0, 0.05) is 0 Å². The first kappa shape index (κ1) is 9.33. The van der Waals surface area contributed by atoms with E-state index in [1.807, 2.05) is 13.8 Å². The van der Waals surface area contributed by atoms with E-state index in [2.05, 4.69) is 0 Å². The fraction of sp³-hybridized carbons (Fsp3) is 0.333. The van der Waals surface area contributed by atoms with Crippen molar-refractivity contribution in [3.8, 4) is 5.75 Å². The van der Waals surface area contributed by atoms with E-state index in [-0.39, 0.29) is 5.02 Å². The van der Waals surface area contributed by atoms with E-state index < -0.39 is 5.82 Å². The summed E-state index contributed by atoms with van der Waals surface area (Å²) in [4.78, 5) is 0. The van der Waals surface area contributed by atoms with Gasteiger partial charge in [0.2, 0.25) is 0 Å². The fourth-order valence-corrected chi connectivity index (χ4v) is 1.22. The lowest BCUT2D eigenvalue weighted by Crippen LogP contribution is -1.96. The zero-order chi connectivity index (χ0) is 9.14. The average molecular weight is 189 g/mol. The number of hydrogen-bond donors (Lipinski definition) is 0. The third-order valence-electron chi connectivity index (χ3n) is 1.54. The lowest BCUT2D eigenvalue weighted by molar-refractivity contribution is 0.336. The second kappa shape index (κ2) is 3.76. The Kier molecular flexibility index (Phi) is 2.93. The lowest BCUT2D eigenvalue weighted by atomic mass is 10.2. The normalized spacial score (nSPS) is 10.0. The number of aryl methyl sites for hydroxylation is 1. The summed E-state index contributed by atoms with van der Waals surface area (Å²) < 4.78 is 18.0. The minimum atomic E-state index is -0.439. The van der Waals surface area contributed by atoms with Crippen LogP contribution in [-0.2, 0) is 0 Å². The van der Waals surface area contributed by atoms with E-state index in [9.17, 15) is 4.39 Å². The highest BCUT2D eigenvalue weighted by Crippen LogP contribution is 2.30. The number of benzene rings is 1. The van der Waals surface area contributed by atoms with Gasteiger partial charge in [-0.2, -0.15) is 0 Å². The molecule has 0 atom stereocenters. The quantitative estimate of drug-likeness (QED) is 0.693. The van der Waals surface area contributed by atoms with Gasteiger partial charge in [-0.15, -0.1) is 0 Å². The molecular formula is C9H10ClFO. The van der Waals surface area contributed by atoms with Crippen molar-refractivity contribution in [1.29, 1.82) is 0 Å². The number of rotatable bonds is 2. The Morgan fingerprint density at radius 1 is 1.50 bits per heavy atom. The third kappa shape index (κ3) is 1.69. The molecule has 1 nitrogen and oxygen atoms in total. The van der Waals surface area contributed by atoms with Crippen LogP contribution < -0.4 is 4.74 Å². The van der Waals surface area contributed by atoms with Gasteiger partial charge in [-0.25, -0.2) is 4.39 Å². The number of ether oxygens (including phenoxy) is 1. The zero-order valence-corrected chi connectivity index (χ0v) is 7.78. The number of halogens is 2. The van der Waals surface area contributed by atoms with Crippen LogP contribution >= 0.6 is 11.6 Å². The van der Waals surface area contributed by atoms with Crippen LogP contribution in [-0.4, -0.2) is 6.61 Å². The minimum Gasteiger partial charge on any atom is -0.492 e. The standard InChI is InChI=1S/C9H10ClFO/c1-3-12-9-6(2)4-5-7(11)8(9)10/h4-5H,3H2,1-2H3. The van der Waals surface area contributed by atoms with Crippen molar-refractivity contribution in [3.63, 3.8) is 0 Å². The van der Waals surface area contributed by atoms with E-state index in [4.69, 9.17) is 16.3 Å². The highest BCUT2D eigenvalue weighted by atomic mass is 35.5. The van der Waals surface area contributed by atoms with E-state index in [1.165, 1.54) is 6.07 Å². The van der Waals surface area contributed by atoms with Gasteiger partial charge >= 0.3 is 0 Å². The molecule has 66 valence electrons. The Morgan fingerprint density at radius 3 is 2.75 bits per heavy atom. The van der Waals surface area contributed by atoms with Gasteiger partial charge in [0.05, 0.1) is 6.61 Å². The SMILES string of the molecule is CCOc1c(C)ccc(F)c1Cl. The Bertz CT molecular complexity index is 286. The first-order valence-corrected chi connectivity index (χ1v) is 4.12. The highest BCUT2D eigenvalue weighted by molar-refractivity contribution is 6.32. The van der Waals surface area contributed by atoms with Gasteiger partial charge in [0.25, 0.3) is 0 Å². The molecule has 0 unspecified atom stereocenters. The summed E-state index contributed by atoms with van der Waals surface area (Å²) in [5.41, 5.74) is 0.850. The molecule has 0 aliphatic rings. The van der Waals surface area contributed by atoms with E-state index in [1.54, 1.807) is 6.07 Å². The van der Waals surface area contributed by atoms with Crippen LogP contribution in [0, 0.1) is 12.7 Å². The van der Waals surface area contributed by atoms with Crippen LogP contribution in [0.3, 0.4) is 0 Å². The van der Waals surface area contributed by atoms with Gasteiger partial charge in [-0.3, -0.25) is 0 Å². The summed E-state index contributed by atoms with van der Waals surface area (Å²) in [5.74, 6) is 0.00452. The molecule has 0 radical (unpaired) electrons. The van der Waals surface area contributed by atoms with Crippen molar-refractivity contribution in [3.05, 3.63) is 28.5 Å². The zero-order valence-electron chi connectivity index (χ0n) is 7.03. The maximum absolute atomic E-state index is 12.9. The molecule has 0 amide bonds. The predicted octanol–water partition coefficient (Wildman–Crippen LogP) is 3.19. The van der Waals surface area contributed by atoms with Crippen molar-refractivity contribution in [2.24, 2.45) is 0 Å². The minimum absolute atomic E-state index is 0.0665. The third-order valence-corrected chi connectivity index (χ3v) is 1.89. The summed E-state index contributed by atoms with van der Waals surface area (Å²) in [7, 11) is 0. The maximum Gasteiger partial charge on any atom is 0.145 e. The van der Waals surface area contributed by atoms with Gasteiger partial charge in [-0.1, -0.05) is 17.7 Å². The molecule has 0 aromatic heterocycles. The second-order valence-electron chi connectivity index (χ2n) is 2.44. The van der Waals surface area contributed by atoms with Crippen LogP contribution in [0.4, 0.5) is 4.39 Å². The molecule has 0 heterocycles. The van der Waals surface area contributed by atoms with Crippen LogP contribution in [0.5, 0.6) is 5.75 Å². The molecule has 0 spiro atoms. The topological polar surface area (TPSA) is 9.23 Å². The smallest absolute Gasteiger partial charge is 0.145 e. The van der Waals surface area contributed by atoms with Crippen LogP contribution in [0.25, 0.3) is 0 Å². The molecule has 3 heteroatoms. The Hall–Kier alpha value is -0.760. The Morgan fingerprint density at radius 2 is 2.17 bits per heavy atom. The van der Waals surface area contributed by atoms with E-state index in [0.29, 0.717) is 12.4 Å². The maximum atomic E-state index is 12.9. The summed E-state index contributed by atoms with van der Waals surface area (Å²) in [6.07, 6.45) is 0. The molecule has 0 aliphatic carbocycles. The summed E-state index contributed by atoms with van der Waals surface area (Å²) in [5, 5.41) is 0.0665. The van der Waals surface area contributed by atoms with Crippen molar-refractivity contribution >= 4 is 11.6 Å². The molecule has 1 aromatic carbocycles. The molecule has 1 rings (SSSR count). The van der Waals surface area contributed by atoms with Crippen LogP contribution in [0.15, 0.2) is 12.1 Å². The molecule has 0 aliphatic heterocycles. The van der Waals surface area contributed by atoms with Crippen LogP contribution in [0.1, 0.15) is 12.5 Å². The Balaban J connectivity index is 3.14. The van der Waals surface area contributed by atoms with Crippen molar-refractivity contribution in [2.45, 2.75) is 13.8 Å². The van der Waals surface area contributed by atoms with Crippen LogP contribution in [0.2, 0.25) is 5.02 Å². The molecule has 0 N–H and O–H groups in total. The second-order valence-corrected chi connectivity index (χ2v) is 2.82. The number of hydrogen-bond acceptors (Lipinski definition) is 1. The molecule has 0 saturated carbocycles. The Labute approximate surface area is 76.1 Å². The lowest BCUT2D eigenvalue weighted by Gasteiger charge is -2.08. The average Bonchev–Trinajstić information content (AvgIpc) is 2.06. The molecule has 0 bridgehead atoms. The van der Waals surface area contributed by atoms with Crippen molar-refractivity contribution < 1.29 is 9.13 Å². The van der Waals surface area contributed by atoms with Crippen molar-refractivity contribution in [2.75, 3.05) is 6.61 Å². The highest BCUT2D eigenvalue weighted by Gasteiger charge is 2.09. The molecule has 1 aromatic rings. The summed E-state index contributed by atoms with van der Waals surface area (Å²) in [6.45, 7) is 4.15. The largest absolute Gasteiger partial charge is 0.492 e. The first-order valence-electron chi connectivity index (χ1n) is 3.74.